The largest absolute Gasteiger partial charge is 0.573 e. The van der Waals surface area contributed by atoms with Crippen LogP contribution in [0.4, 0.5) is 13.2 Å². The summed E-state index contributed by atoms with van der Waals surface area (Å²) in [4.78, 5) is 12.1. The average molecular weight is 1030 g/mol. The first-order chi connectivity index (χ1) is 32.0. The zero-order valence-corrected chi connectivity index (χ0v) is 41.0. The van der Waals surface area contributed by atoms with Gasteiger partial charge in [-0.1, -0.05) is 112 Å². The number of phenols is 2. The number of Topliss-reactive ketones (excluding diaryl/α,β-unsaturated/α-hetero) is 1. The van der Waals surface area contributed by atoms with Gasteiger partial charge in [-0.3, -0.25) is 4.79 Å². The predicted molar refractivity (Wildman–Crippen MR) is 275 cm³/mol. The molecule has 6 aromatic rings. The lowest BCUT2D eigenvalue weighted by Gasteiger charge is -2.09. The molecule has 364 valence electrons. The van der Waals surface area contributed by atoms with Gasteiger partial charge in [-0.25, -0.2) is 0 Å². The number of aromatic hydroxyl groups is 2. The van der Waals surface area contributed by atoms with Crippen LogP contribution in [0.1, 0.15) is 50.7 Å². The summed E-state index contributed by atoms with van der Waals surface area (Å²) in [5.41, 5.74) is 39.2. The van der Waals surface area contributed by atoms with Crippen LogP contribution in [0.25, 0.3) is 0 Å². The Morgan fingerprint density at radius 2 is 1.06 bits per heavy atom. The van der Waals surface area contributed by atoms with Crippen LogP contribution in [0.15, 0.2) is 149 Å². The summed E-state index contributed by atoms with van der Waals surface area (Å²) < 4.78 is 40.3. The van der Waals surface area contributed by atoms with Crippen molar-refractivity contribution in [3.05, 3.63) is 188 Å². The normalized spacial score (nSPS) is 10.2. The second kappa shape index (κ2) is 35.2. The molecule has 67 heavy (non-hydrogen) atoms. The van der Waals surface area contributed by atoms with Crippen molar-refractivity contribution in [3.63, 3.8) is 0 Å². The summed E-state index contributed by atoms with van der Waals surface area (Å²) in [5.74, 6) is 0.0845. The monoisotopic (exact) mass is 1030 g/mol. The number of phenolic OH excluding ortho intramolecular Hbond substituents is 2. The third-order valence-electron chi connectivity index (χ3n) is 8.90. The number of benzene rings is 6. The summed E-state index contributed by atoms with van der Waals surface area (Å²) in [5, 5.41) is 18.9. The Labute approximate surface area is 412 Å². The summed E-state index contributed by atoms with van der Waals surface area (Å²) in [6.07, 6.45) is 0.0919. The quantitative estimate of drug-likeness (QED) is 0.0371. The molecule has 0 aliphatic heterocycles. The molecule has 10 nitrogen and oxygen atoms in total. The Kier molecular flexibility index (Phi) is 31.6. The van der Waals surface area contributed by atoms with Gasteiger partial charge < -0.3 is 49.4 Å². The molecule has 14 N–H and O–H groups in total. The topological polar surface area (TPSA) is 223 Å². The van der Waals surface area contributed by atoms with Crippen molar-refractivity contribution in [2.24, 2.45) is 34.4 Å². The minimum absolute atomic E-state index is 0.0725. The zero-order valence-electron chi connectivity index (χ0n) is 37.8. The number of nitrogens with two attached hydrogens (primary N) is 6. The van der Waals surface area contributed by atoms with Crippen LogP contribution < -0.4 is 39.1 Å². The fourth-order valence-electron chi connectivity index (χ4n) is 5.82. The van der Waals surface area contributed by atoms with Gasteiger partial charge in [0, 0.05) is 26.0 Å². The maximum Gasteiger partial charge on any atom is 0.573 e. The Balaban J connectivity index is 0.000000404. The van der Waals surface area contributed by atoms with E-state index in [2.05, 4.69) is 45.4 Å². The molecular weight excluding hydrogens is 965 g/mol. The van der Waals surface area contributed by atoms with E-state index in [0.717, 1.165) is 62.3 Å². The van der Waals surface area contributed by atoms with Crippen LogP contribution in [0.2, 0.25) is 5.02 Å². The molecule has 16 heteroatoms. The highest BCUT2D eigenvalue weighted by molar-refractivity contribution is 9.10. The molecule has 6 aromatic carbocycles. The van der Waals surface area contributed by atoms with Gasteiger partial charge in [0.2, 0.25) is 0 Å². The standard InChI is InChI=1S/C10H13NO.C9H10F3NO.C8H10BrN.C8H10ClN.C8H11NO2.C8H11NS/c1-8(12)10-5-3-2-4-9(10)6-7-11;10-9(11,12)14-8-3-1-2-7(6-8)4-5-13;9-8-4-2-1-3-7(8)5-6-10;9-8-3-1-2-7(6-8)4-5-10;9-4-3-6-1-2-7(10)5-8(6)11;9-5-4-7-2-1-3-8(10)6-7/h2-5H,6-7,11H2,1H3;1-3,6H,4-5,13H2;1-4H,5-6,10H2;1-3,6H,4-5,10H2;1-2,5,10-11H,3-4,9H2;1-3,6,10H,4-5,9H2. The molecule has 0 heterocycles. The van der Waals surface area contributed by atoms with Crippen molar-refractivity contribution < 1.29 is 32.9 Å². The van der Waals surface area contributed by atoms with Crippen molar-refractivity contribution in [1.29, 1.82) is 0 Å². The van der Waals surface area contributed by atoms with E-state index in [4.69, 9.17) is 51.1 Å². The lowest BCUT2D eigenvalue weighted by atomic mass is 10.0. The molecule has 0 saturated heterocycles. The van der Waals surface area contributed by atoms with Crippen molar-refractivity contribution in [2.45, 2.75) is 56.7 Å². The van der Waals surface area contributed by atoms with Crippen molar-refractivity contribution >= 4 is 45.9 Å². The van der Waals surface area contributed by atoms with E-state index in [1.807, 2.05) is 84.9 Å². The summed E-state index contributed by atoms with van der Waals surface area (Å²) in [7, 11) is 0. The number of carbonyl (C=O) groups is 1. The first-order valence-corrected chi connectivity index (χ1v) is 23.0. The van der Waals surface area contributed by atoms with Crippen LogP contribution in [0.5, 0.6) is 17.2 Å². The minimum atomic E-state index is -4.64. The van der Waals surface area contributed by atoms with Gasteiger partial charge >= 0.3 is 6.36 Å². The first-order valence-electron chi connectivity index (χ1n) is 21.4. The van der Waals surface area contributed by atoms with Gasteiger partial charge in [-0.05, 0) is 167 Å². The van der Waals surface area contributed by atoms with Crippen molar-refractivity contribution in [3.8, 4) is 17.2 Å². The van der Waals surface area contributed by atoms with Crippen molar-refractivity contribution in [1.82, 2.24) is 0 Å². The summed E-state index contributed by atoms with van der Waals surface area (Å²) >= 11 is 13.4. The van der Waals surface area contributed by atoms with E-state index in [-0.39, 0.29) is 23.0 Å². The molecular formula is C51H65BrClF3N6O4S. The molecule has 0 fully saturated rings. The Bertz CT molecular complexity index is 2250. The minimum Gasteiger partial charge on any atom is -0.508 e. The lowest BCUT2D eigenvalue weighted by Crippen LogP contribution is -2.17. The second-order valence-corrected chi connectivity index (χ2v) is 16.2. The maximum absolute atomic E-state index is 11.8. The number of ketones is 1. The van der Waals surface area contributed by atoms with Crippen LogP contribution in [-0.4, -0.2) is 61.6 Å². The predicted octanol–water partition coefficient (Wildman–Crippen LogP) is 9.34. The highest BCUT2D eigenvalue weighted by Gasteiger charge is 2.31. The highest BCUT2D eigenvalue weighted by atomic mass is 79.9. The number of halogens is 5. The van der Waals surface area contributed by atoms with Crippen LogP contribution in [-0.2, 0) is 38.5 Å². The van der Waals surface area contributed by atoms with Gasteiger partial charge in [-0.2, -0.15) is 0 Å². The Morgan fingerprint density at radius 1 is 0.582 bits per heavy atom. The molecule has 0 aliphatic rings. The molecule has 0 spiro atoms. The smallest absolute Gasteiger partial charge is 0.508 e. The molecule has 0 bridgehead atoms. The molecule has 0 aromatic heterocycles. The molecule has 6 rings (SSSR count). The molecule has 0 saturated carbocycles. The molecule has 0 radical (unpaired) electrons. The second-order valence-electron chi connectivity index (χ2n) is 14.3. The van der Waals surface area contributed by atoms with Gasteiger partial charge in [0.1, 0.15) is 17.2 Å². The van der Waals surface area contributed by atoms with E-state index in [0.29, 0.717) is 52.1 Å². The number of carbonyl (C=O) groups excluding carboxylic acids is 1. The average Bonchev–Trinajstić information content (AvgIpc) is 3.27. The van der Waals surface area contributed by atoms with E-state index < -0.39 is 6.36 Å². The summed E-state index contributed by atoms with van der Waals surface area (Å²) in [6, 6.07) is 41.9. The van der Waals surface area contributed by atoms with Gasteiger partial charge in [0.15, 0.2) is 5.78 Å². The third kappa shape index (κ3) is 28.1. The van der Waals surface area contributed by atoms with E-state index >= 15 is 0 Å². The molecule has 0 aliphatic carbocycles. The molecule has 0 atom stereocenters. The number of rotatable bonds is 14. The number of ether oxygens (including phenoxy) is 1. The van der Waals surface area contributed by atoms with Crippen LogP contribution >= 0.6 is 40.2 Å². The van der Waals surface area contributed by atoms with E-state index in [1.54, 1.807) is 19.1 Å². The number of alkyl halides is 3. The number of hydrogen-bond acceptors (Lipinski definition) is 11. The molecule has 0 unspecified atom stereocenters. The van der Waals surface area contributed by atoms with E-state index in [9.17, 15) is 23.1 Å². The Morgan fingerprint density at radius 3 is 1.57 bits per heavy atom. The van der Waals surface area contributed by atoms with Gasteiger partial charge in [-0.15, -0.1) is 25.8 Å². The van der Waals surface area contributed by atoms with Crippen molar-refractivity contribution in [2.75, 3.05) is 39.3 Å². The molecule has 0 amide bonds. The SMILES string of the molecule is CC(=O)c1ccccc1CCN.NCCc1ccc(O)cc1O.NCCc1cccc(Cl)c1.NCCc1cccc(OC(F)(F)F)c1.NCCc1cccc(S)c1.NCCc1ccccc1Br. The first kappa shape index (κ1) is 60.1. The zero-order chi connectivity index (χ0) is 50.0. The Hall–Kier alpha value is -4.94. The van der Waals surface area contributed by atoms with Crippen LogP contribution in [0, 0.1) is 0 Å². The third-order valence-corrected chi connectivity index (χ3v) is 10.2. The van der Waals surface area contributed by atoms with Gasteiger partial charge in [0.05, 0.1) is 0 Å². The summed E-state index contributed by atoms with van der Waals surface area (Å²) in [6.45, 7) is 5.16. The van der Waals surface area contributed by atoms with Gasteiger partial charge in [0.25, 0.3) is 0 Å². The maximum atomic E-state index is 11.8. The van der Waals surface area contributed by atoms with Crippen LogP contribution in [0.3, 0.4) is 0 Å². The lowest BCUT2D eigenvalue weighted by molar-refractivity contribution is -0.274. The van der Waals surface area contributed by atoms with E-state index in [1.165, 1.54) is 47.0 Å². The number of thiol groups is 1. The fraction of sp³-hybridized carbons (Fsp3) is 0.275. The fourth-order valence-corrected chi connectivity index (χ4v) is 6.76. The highest BCUT2D eigenvalue weighted by Crippen LogP contribution is 2.24. The number of hydrogen-bond donors (Lipinski definition) is 9.